The summed E-state index contributed by atoms with van der Waals surface area (Å²) < 4.78 is 33.6. The van der Waals surface area contributed by atoms with Gasteiger partial charge >= 0.3 is 11.9 Å². The molecule has 0 aromatic carbocycles. The number of carbonyl (C=O) groups excluding carboxylic acids is 2. The van der Waals surface area contributed by atoms with E-state index in [9.17, 15) is 45.3 Å². The summed E-state index contributed by atoms with van der Waals surface area (Å²) in [6, 6.07) is 0. The van der Waals surface area contributed by atoms with E-state index in [2.05, 4.69) is 13.5 Å². The number of aliphatic hydroxyl groups excluding tert-OH is 7. The Morgan fingerprint density at radius 2 is 0.908 bits per heavy atom. The molecule has 2 saturated heterocycles. The Kier molecular flexibility index (Phi) is 34.8. The largest absolute Gasteiger partial charge is 0.462 e. The van der Waals surface area contributed by atoms with Crippen LogP contribution in [0.25, 0.3) is 0 Å². The minimum Gasteiger partial charge on any atom is -0.462 e. The van der Waals surface area contributed by atoms with Crippen molar-refractivity contribution < 1.29 is 73.8 Å². The van der Waals surface area contributed by atoms with Crippen molar-refractivity contribution in [3.63, 3.8) is 0 Å². The van der Waals surface area contributed by atoms with Crippen LogP contribution in [-0.2, 0) is 38.0 Å². The number of ether oxygens (including phenoxy) is 6. The molecule has 0 radical (unpaired) electrons. The summed E-state index contributed by atoms with van der Waals surface area (Å²) in [6.45, 7) is 4.14. The van der Waals surface area contributed by atoms with Crippen LogP contribution in [0.1, 0.15) is 200 Å². The van der Waals surface area contributed by atoms with Crippen LogP contribution in [0.5, 0.6) is 0 Å². The lowest BCUT2D eigenvalue weighted by Gasteiger charge is -2.42. The average molecular weight is 933 g/mol. The van der Waals surface area contributed by atoms with Crippen LogP contribution < -0.4 is 0 Å². The highest BCUT2D eigenvalue weighted by molar-refractivity contribution is 5.70. The molecule has 15 heteroatoms. The molecule has 2 rings (SSSR count). The third kappa shape index (κ3) is 26.5. The van der Waals surface area contributed by atoms with Crippen molar-refractivity contribution in [2.45, 2.75) is 267 Å². The molecule has 0 amide bonds. The minimum absolute atomic E-state index is 0.170. The van der Waals surface area contributed by atoms with Gasteiger partial charge in [0, 0.05) is 12.8 Å². The van der Waals surface area contributed by atoms with Gasteiger partial charge in [0.2, 0.25) is 0 Å². The second-order valence-corrected chi connectivity index (χ2v) is 18.4. The number of carbonyl (C=O) groups is 2. The monoisotopic (exact) mass is 933 g/mol. The van der Waals surface area contributed by atoms with Crippen molar-refractivity contribution in [2.75, 3.05) is 26.4 Å². The van der Waals surface area contributed by atoms with E-state index in [1.54, 1.807) is 0 Å². The number of aliphatic hydroxyl groups is 7. The van der Waals surface area contributed by atoms with Crippen molar-refractivity contribution in [1.82, 2.24) is 0 Å². The second-order valence-electron chi connectivity index (χ2n) is 18.4. The molecule has 0 saturated carbocycles. The lowest BCUT2D eigenvalue weighted by Crippen LogP contribution is -2.61. The molecular weight excluding hydrogens is 841 g/mol. The Balaban J connectivity index is 1.80. The summed E-state index contributed by atoms with van der Waals surface area (Å²) in [6.07, 6.45) is 18.4. The van der Waals surface area contributed by atoms with Crippen LogP contribution >= 0.6 is 0 Å². The summed E-state index contributed by atoms with van der Waals surface area (Å²) in [4.78, 5) is 25.7. The highest BCUT2D eigenvalue weighted by Gasteiger charge is 2.47. The smallest absolute Gasteiger partial charge is 0.306 e. The summed E-state index contributed by atoms with van der Waals surface area (Å²) in [7, 11) is 0. The number of hydrogen-bond acceptors (Lipinski definition) is 15. The molecule has 0 bridgehead atoms. The topological polar surface area (TPSA) is 231 Å². The molecule has 2 aliphatic heterocycles. The van der Waals surface area contributed by atoms with Crippen molar-refractivity contribution in [1.29, 1.82) is 0 Å². The van der Waals surface area contributed by atoms with E-state index in [1.807, 2.05) is 6.08 Å². The second kappa shape index (κ2) is 38.1. The normalized spacial score (nSPS) is 26.2. The van der Waals surface area contributed by atoms with Gasteiger partial charge in [-0.05, 0) is 25.7 Å². The first kappa shape index (κ1) is 59.4. The Bertz CT molecular complexity index is 1180. The van der Waals surface area contributed by atoms with Crippen LogP contribution in [0.15, 0.2) is 12.7 Å². The molecule has 15 nitrogen and oxygen atoms in total. The van der Waals surface area contributed by atoms with Crippen molar-refractivity contribution in [3.8, 4) is 0 Å². The maximum Gasteiger partial charge on any atom is 0.306 e. The highest BCUT2D eigenvalue weighted by Crippen LogP contribution is 2.27. The van der Waals surface area contributed by atoms with Crippen molar-refractivity contribution in [2.24, 2.45) is 0 Å². The lowest BCUT2D eigenvalue weighted by molar-refractivity contribution is -0.332. The van der Waals surface area contributed by atoms with Gasteiger partial charge in [-0.15, -0.1) is 6.58 Å². The number of esters is 2. The number of unbranched alkanes of at least 4 members (excludes halogenated alkanes) is 26. The fourth-order valence-corrected chi connectivity index (χ4v) is 8.37. The third-order valence-electron chi connectivity index (χ3n) is 12.6. The Morgan fingerprint density at radius 3 is 1.37 bits per heavy atom. The molecule has 0 aromatic heterocycles. The van der Waals surface area contributed by atoms with Gasteiger partial charge in [-0.2, -0.15) is 0 Å². The molecule has 382 valence electrons. The van der Waals surface area contributed by atoms with E-state index >= 15 is 0 Å². The summed E-state index contributed by atoms with van der Waals surface area (Å²) in [5.74, 6) is -0.917. The van der Waals surface area contributed by atoms with Gasteiger partial charge in [0.1, 0.15) is 55.4 Å². The predicted molar refractivity (Wildman–Crippen MR) is 248 cm³/mol. The maximum absolute atomic E-state index is 13.0. The first-order valence-electron chi connectivity index (χ1n) is 25.7. The highest BCUT2D eigenvalue weighted by atomic mass is 16.7. The van der Waals surface area contributed by atoms with Gasteiger partial charge in [0.25, 0.3) is 0 Å². The van der Waals surface area contributed by atoms with Gasteiger partial charge in [-0.3, -0.25) is 9.59 Å². The molecule has 65 heavy (non-hydrogen) atoms. The van der Waals surface area contributed by atoms with Gasteiger partial charge in [0.15, 0.2) is 18.7 Å². The molecule has 2 aliphatic rings. The first-order valence-corrected chi connectivity index (χ1v) is 25.7. The minimum atomic E-state index is -1.76. The fourth-order valence-electron chi connectivity index (χ4n) is 8.37. The Labute approximate surface area is 390 Å². The van der Waals surface area contributed by atoms with E-state index in [1.165, 1.54) is 122 Å². The van der Waals surface area contributed by atoms with Crippen LogP contribution in [0.4, 0.5) is 0 Å². The van der Waals surface area contributed by atoms with Gasteiger partial charge in [0.05, 0.1) is 19.8 Å². The number of allylic oxidation sites excluding steroid dienone is 1. The predicted octanol–water partition coefficient (Wildman–Crippen LogP) is 6.99. The van der Waals surface area contributed by atoms with Gasteiger partial charge in [-0.1, -0.05) is 167 Å². The molecule has 4 unspecified atom stereocenters. The Hall–Kier alpha value is -1.76. The number of rotatable bonds is 41. The molecule has 7 N–H and O–H groups in total. The van der Waals surface area contributed by atoms with E-state index in [0.29, 0.717) is 12.8 Å². The average Bonchev–Trinajstić information content (AvgIpc) is 3.30. The molecular formula is C50H92O15. The zero-order valence-electron chi connectivity index (χ0n) is 40.1. The SMILES string of the molecule is C=CCCCCCCCCCCCCCCCC(=O)OC[C@H](CO[C@@H]1O[C@H](CO[C@@H]2O[C@H](CO)[C@H](O)C(O)C2O)[C@H](O)C(O)C1O)OC(=O)CCCCCCCCCCCCCCCC. The summed E-state index contributed by atoms with van der Waals surface area (Å²) in [5, 5.41) is 72.0. The molecule has 0 aromatic rings. The van der Waals surface area contributed by atoms with E-state index in [4.69, 9.17) is 28.4 Å². The van der Waals surface area contributed by atoms with Gasteiger partial charge in [-0.25, -0.2) is 0 Å². The fraction of sp³-hybridized carbons (Fsp3) is 0.920. The third-order valence-corrected chi connectivity index (χ3v) is 12.6. The zero-order chi connectivity index (χ0) is 47.5. The van der Waals surface area contributed by atoms with E-state index < -0.39 is 92.7 Å². The standard InChI is InChI=1S/C50H92O15/c1-3-5-7-9-11-13-15-17-19-21-22-24-26-28-30-32-41(52)60-35-38(63-42(53)33-31-29-27-25-23-20-18-16-14-12-10-8-6-4-2)36-61-49-48(59)46(57)44(55)40(65-49)37-62-50-47(58)45(56)43(54)39(34-51)64-50/h3,38-40,43-51,54-59H,1,4-37H2,2H3/t38-,39-,40-,43+,44+,45?,46?,47?,48?,49-,50-/m1/s1. The molecule has 2 fully saturated rings. The van der Waals surface area contributed by atoms with Crippen LogP contribution in [0, 0.1) is 0 Å². The number of hydrogen-bond donors (Lipinski definition) is 7. The van der Waals surface area contributed by atoms with Crippen molar-refractivity contribution >= 4 is 11.9 Å². The van der Waals surface area contributed by atoms with Gasteiger partial charge < -0.3 is 64.2 Å². The molecule has 11 atom stereocenters. The van der Waals surface area contributed by atoms with Crippen LogP contribution in [-0.4, -0.2) is 142 Å². The molecule has 0 spiro atoms. The lowest BCUT2D eigenvalue weighted by atomic mass is 9.98. The molecule has 0 aliphatic carbocycles. The van der Waals surface area contributed by atoms with Crippen LogP contribution in [0.2, 0.25) is 0 Å². The van der Waals surface area contributed by atoms with Crippen LogP contribution in [0.3, 0.4) is 0 Å². The van der Waals surface area contributed by atoms with E-state index in [-0.39, 0.29) is 26.1 Å². The molecule has 2 heterocycles. The van der Waals surface area contributed by atoms with Crippen molar-refractivity contribution in [3.05, 3.63) is 12.7 Å². The zero-order valence-corrected chi connectivity index (χ0v) is 40.1. The summed E-state index contributed by atoms with van der Waals surface area (Å²) in [5.41, 5.74) is 0. The first-order chi connectivity index (χ1) is 31.5. The van der Waals surface area contributed by atoms with E-state index in [0.717, 1.165) is 44.9 Å². The maximum atomic E-state index is 13.0. The Morgan fingerprint density at radius 1 is 0.508 bits per heavy atom. The quantitative estimate of drug-likeness (QED) is 0.0186. The summed E-state index contributed by atoms with van der Waals surface area (Å²) >= 11 is 0.